The number of aromatic nitrogens is 3. The number of hydrogen-bond donors (Lipinski definition) is 1. The molecule has 4 nitrogen and oxygen atoms in total. The summed E-state index contributed by atoms with van der Waals surface area (Å²) in [4.78, 5) is 0. The van der Waals surface area contributed by atoms with Crippen molar-refractivity contribution in [3.05, 3.63) is 66.5 Å². The number of rotatable bonds is 5. The van der Waals surface area contributed by atoms with Gasteiger partial charge in [0.05, 0.1) is 6.54 Å². The van der Waals surface area contributed by atoms with Crippen LogP contribution in [0.15, 0.2) is 65.8 Å². The molecule has 5 heteroatoms. The molecule has 0 amide bonds. The van der Waals surface area contributed by atoms with Gasteiger partial charge < -0.3 is 5.32 Å². The Morgan fingerprint density at radius 1 is 0.952 bits per heavy atom. The SMILES string of the molecule is CSc1nnc(CNc2ccccc2)n1-c1ccccc1. The Morgan fingerprint density at radius 3 is 2.29 bits per heavy atom. The van der Waals surface area contributed by atoms with Crippen LogP contribution in [0.5, 0.6) is 0 Å². The van der Waals surface area contributed by atoms with E-state index in [1.807, 2.05) is 54.8 Å². The van der Waals surface area contributed by atoms with Crippen LogP contribution in [0.3, 0.4) is 0 Å². The van der Waals surface area contributed by atoms with E-state index < -0.39 is 0 Å². The minimum absolute atomic E-state index is 0.631. The highest BCUT2D eigenvalue weighted by molar-refractivity contribution is 7.98. The molecule has 0 atom stereocenters. The highest BCUT2D eigenvalue weighted by Crippen LogP contribution is 2.20. The van der Waals surface area contributed by atoms with Gasteiger partial charge in [0.1, 0.15) is 0 Å². The smallest absolute Gasteiger partial charge is 0.195 e. The molecule has 2 aromatic carbocycles. The molecule has 0 aliphatic heterocycles. The van der Waals surface area contributed by atoms with E-state index in [2.05, 4.69) is 32.2 Å². The average molecular weight is 296 g/mol. The topological polar surface area (TPSA) is 42.7 Å². The lowest BCUT2D eigenvalue weighted by atomic mass is 10.3. The van der Waals surface area contributed by atoms with Crippen LogP contribution in [-0.4, -0.2) is 21.0 Å². The molecular formula is C16H16N4S. The quantitative estimate of drug-likeness (QED) is 0.731. The van der Waals surface area contributed by atoms with Gasteiger partial charge in [-0.25, -0.2) is 0 Å². The number of thioether (sulfide) groups is 1. The zero-order valence-corrected chi connectivity index (χ0v) is 12.5. The van der Waals surface area contributed by atoms with Crippen molar-refractivity contribution in [2.75, 3.05) is 11.6 Å². The van der Waals surface area contributed by atoms with Gasteiger partial charge in [-0.15, -0.1) is 10.2 Å². The van der Waals surface area contributed by atoms with E-state index in [1.54, 1.807) is 11.8 Å². The molecule has 21 heavy (non-hydrogen) atoms. The Morgan fingerprint density at radius 2 is 1.62 bits per heavy atom. The Bertz CT molecular complexity index is 695. The van der Waals surface area contributed by atoms with Gasteiger partial charge in [0.25, 0.3) is 0 Å². The van der Waals surface area contributed by atoms with Gasteiger partial charge >= 0.3 is 0 Å². The molecule has 1 aromatic heterocycles. The molecule has 1 N–H and O–H groups in total. The Kier molecular flexibility index (Phi) is 4.21. The maximum atomic E-state index is 4.31. The zero-order chi connectivity index (χ0) is 14.5. The standard InChI is InChI=1S/C16H16N4S/c1-21-16-19-18-15(12-17-13-8-4-2-5-9-13)20(16)14-10-6-3-7-11-14/h2-11,17H,12H2,1H3. The monoisotopic (exact) mass is 296 g/mol. The van der Waals surface area contributed by atoms with Crippen LogP contribution in [0.1, 0.15) is 5.82 Å². The van der Waals surface area contributed by atoms with Gasteiger partial charge in [-0.2, -0.15) is 0 Å². The first-order chi connectivity index (χ1) is 10.4. The summed E-state index contributed by atoms with van der Waals surface area (Å²) < 4.78 is 2.08. The van der Waals surface area contributed by atoms with Crippen molar-refractivity contribution < 1.29 is 0 Å². The molecule has 106 valence electrons. The lowest BCUT2D eigenvalue weighted by Crippen LogP contribution is -2.08. The summed E-state index contributed by atoms with van der Waals surface area (Å²) in [7, 11) is 0. The molecule has 0 radical (unpaired) electrons. The maximum absolute atomic E-state index is 4.31. The van der Waals surface area contributed by atoms with Gasteiger partial charge in [0.2, 0.25) is 0 Å². The molecule has 3 aromatic rings. The van der Waals surface area contributed by atoms with Gasteiger partial charge in [-0.1, -0.05) is 48.2 Å². The fraction of sp³-hybridized carbons (Fsp3) is 0.125. The molecule has 0 spiro atoms. The Balaban J connectivity index is 1.87. The molecule has 0 fully saturated rings. The minimum atomic E-state index is 0.631. The summed E-state index contributed by atoms with van der Waals surface area (Å²) in [5.74, 6) is 0.898. The van der Waals surface area contributed by atoms with Crippen molar-refractivity contribution in [3.8, 4) is 5.69 Å². The van der Waals surface area contributed by atoms with Crippen molar-refractivity contribution in [1.29, 1.82) is 0 Å². The van der Waals surface area contributed by atoms with E-state index >= 15 is 0 Å². The molecule has 0 aliphatic carbocycles. The van der Waals surface area contributed by atoms with Crippen LogP contribution >= 0.6 is 11.8 Å². The van der Waals surface area contributed by atoms with E-state index in [1.165, 1.54) is 0 Å². The molecule has 0 saturated heterocycles. The molecule has 0 bridgehead atoms. The van der Waals surface area contributed by atoms with Gasteiger partial charge in [-0.05, 0) is 30.5 Å². The fourth-order valence-corrected chi connectivity index (χ4v) is 2.64. The van der Waals surface area contributed by atoms with E-state index in [0.717, 1.165) is 22.4 Å². The molecule has 0 saturated carbocycles. The second kappa shape index (κ2) is 6.45. The summed E-state index contributed by atoms with van der Waals surface area (Å²) in [5, 5.41) is 12.8. The van der Waals surface area contributed by atoms with Crippen LogP contribution in [0.4, 0.5) is 5.69 Å². The highest BCUT2D eigenvalue weighted by atomic mass is 32.2. The van der Waals surface area contributed by atoms with Gasteiger partial charge in [0, 0.05) is 11.4 Å². The second-order valence-electron chi connectivity index (χ2n) is 4.49. The third kappa shape index (κ3) is 3.08. The largest absolute Gasteiger partial charge is 0.378 e. The summed E-state index contributed by atoms with van der Waals surface area (Å²) in [6.45, 7) is 0.631. The molecule has 0 aliphatic rings. The molecule has 3 rings (SSSR count). The van der Waals surface area contributed by atoms with Crippen LogP contribution in [-0.2, 0) is 6.54 Å². The number of hydrogen-bond acceptors (Lipinski definition) is 4. The normalized spacial score (nSPS) is 10.5. The maximum Gasteiger partial charge on any atom is 0.195 e. The lowest BCUT2D eigenvalue weighted by molar-refractivity contribution is 0.842. The van der Waals surface area contributed by atoms with Crippen LogP contribution in [0, 0.1) is 0 Å². The van der Waals surface area contributed by atoms with Crippen LogP contribution in [0.25, 0.3) is 5.69 Å². The third-order valence-electron chi connectivity index (χ3n) is 3.12. The average Bonchev–Trinajstić information content (AvgIpc) is 2.97. The predicted octanol–water partition coefficient (Wildman–Crippen LogP) is 3.60. The summed E-state index contributed by atoms with van der Waals surface area (Å²) >= 11 is 1.59. The Labute approximate surface area is 128 Å². The molecular weight excluding hydrogens is 280 g/mol. The van der Waals surface area contributed by atoms with Crippen molar-refractivity contribution in [2.24, 2.45) is 0 Å². The number of anilines is 1. The van der Waals surface area contributed by atoms with Crippen molar-refractivity contribution in [2.45, 2.75) is 11.7 Å². The van der Waals surface area contributed by atoms with Gasteiger partial charge in [-0.3, -0.25) is 4.57 Å². The molecule has 1 heterocycles. The van der Waals surface area contributed by atoms with Crippen LogP contribution < -0.4 is 5.32 Å². The zero-order valence-electron chi connectivity index (χ0n) is 11.7. The van der Waals surface area contributed by atoms with E-state index in [0.29, 0.717) is 6.54 Å². The van der Waals surface area contributed by atoms with Gasteiger partial charge in [0.15, 0.2) is 11.0 Å². The minimum Gasteiger partial charge on any atom is -0.378 e. The predicted molar refractivity (Wildman–Crippen MR) is 86.9 cm³/mol. The third-order valence-corrected chi connectivity index (χ3v) is 3.75. The van der Waals surface area contributed by atoms with Crippen molar-refractivity contribution in [3.63, 3.8) is 0 Å². The first-order valence-electron chi connectivity index (χ1n) is 6.71. The fourth-order valence-electron chi connectivity index (χ4n) is 2.12. The number of benzene rings is 2. The summed E-state index contributed by atoms with van der Waals surface area (Å²) in [5.41, 5.74) is 2.16. The lowest BCUT2D eigenvalue weighted by Gasteiger charge is -2.10. The van der Waals surface area contributed by atoms with E-state index in [9.17, 15) is 0 Å². The summed E-state index contributed by atoms with van der Waals surface area (Å²) in [6.07, 6.45) is 2.01. The Hall–Kier alpha value is -2.27. The second-order valence-corrected chi connectivity index (χ2v) is 5.27. The van der Waals surface area contributed by atoms with Crippen LogP contribution in [0.2, 0.25) is 0 Å². The van der Waals surface area contributed by atoms with E-state index in [-0.39, 0.29) is 0 Å². The summed E-state index contributed by atoms with van der Waals surface area (Å²) in [6, 6.07) is 20.3. The number of para-hydroxylation sites is 2. The number of nitrogens with one attached hydrogen (secondary N) is 1. The molecule has 0 unspecified atom stereocenters. The van der Waals surface area contributed by atoms with Crippen molar-refractivity contribution >= 4 is 17.4 Å². The van der Waals surface area contributed by atoms with E-state index in [4.69, 9.17) is 0 Å². The first kappa shape index (κ1) is 13.7. The first-order valence-corrected chi connectivity index (χ1v) is 7.93. The number of nitrogens with zero attached hydrogens (tertiary/aromatic N) is 3. The van der Waals surface area contributed by atoms with Crippen molar-refractivity contribution in [1.82, 2.24) is 14.8 Å². The highest BCUT2D eigenvalue weighted by Gasteiger charge is 2.12.